The molecule has 1 aliphatic rings. The summed E-state index contributed by atoms with van der Waals surface area (Å²) in [5, 5.41) is 13.0. The molecule has 1 saturated carbocycles. The molecule has 1 fully saturated rings. The van der Waals surface area contributed by atoms with Crippen LogP contribution in [0, 0.1) is 5.92 Å². The lowest BCUT2D eigenvalue weighted by Gasteiger charge is -2.32. The molecule has 0 amide bonds. The average Bonchev–Trinajstić information content (AvgIpc) is 2.48. The van der Waals surface area contributed by atoms with Crippen LogP contribution in [0.2, 0.25) is 0 Å². The van der Waals surface area contributed by atoms with E-state index >= 15 is 0 Å². The molecule has 2 aromatic carbocycles. The Morgan fingerprint density at radius 2 is 1.90 bits per heavy atom. The molecule has 21 heavy (non-hydrogen) atoms. The Balaban J connectivity index is 1.68. The Bertz CT molecular complexity index is 591. The molecule has 1 atom stereocenters. The van der Waals surface area contributed by atoms with E-state index in [1.54, 1.807) is 0 Å². The van der Waals surface area contributed by atoms with Crippen LogP contribution in [0.3, 0.4) is 0 Å². The van der Waals surface area contributed by atoms with Gasteiger partial charge in [-0.2, -0.15) is 0 Å². The third kappa shape index (κ3) is 3.45. The highest BCUT2D eigenvalue weighted by atomic mass is 16.3. The zero-order valence-corrected chi connectivity index (χ0v) is 12.8. The summed E-state index contributed by atoms with van der Waals surface area (Å²) in [6, 6.07) is 14.6. The number of hydrogen-bond acceptors (Lipinski definition) is 2. The quantitative estimate of drug-likeness (QED) is 0.866. The van der Waals surface area contributed by atoms with E-state index in [2.05, 4.69) is 48.2 Å². The number of aliphatic hydroxyl groups is 1. The fourth-order valence-corrected chi connectivity index (χ4v) is 3.14. The molecule has 1 N–H and O–H groups in total. The molecular formula is C19H25NO. The summed E-state index contributed by atoms with van der Waals surface area (Å²) >= 11 is 0. The number of rotatable bonds is 6. The first-order chi connectivity index (χ1) is 10.3. The highest BCUT2D eigenvalue weighted by Gasteiger charge is 2.21. The molecule has 0 bridgehead atoms. The highest BCUT2D eigenvalue weighted by Crippen LogP contribution is 2.28. The molecule has 2 nitrogen and oxygen atoms in total. The number of likely N-dealkylation sites (N-methyl/N-ethyl adjacent to an activating group) is 1. The summed E-state index contributed by atoms with van der Waals surface area (Å²) in [5.74, 6) is 0.855. The Hall–Kier alpha value is -1.38. The topological polar surface area (TPSA) is 23.5 Å². The highest BCUT2D eigenvalue weighted by molar-refractivity contribution is 5.83. The van der Waals surface area contributed by atoms with Crippen molar-refractivity contribution in [1.82, 2.24) is 4.90 Å². The summed E-state index contributed by atoms with van der Waals surface area (Å²) in [4.78, 5) is 2.39. The summed E-state index contributed by atoms with van der Waals surface area (Å²) < 4.78 is 0. The SMILES string of the molecule is CCN(CC1CCC1)CC(O)c1ccc2ccccc2c1. The maximum Gasteiger partial charge on any atom is 0.0917 e. The molecule has 2 aromatic rings. The van der Waals surface area contributed by atoms with Gasteiger partial charge in [0.25, 0.3) is 0 Å². The molecule has 1 aliphatic carbocycles. The zero-order valence-electron chi connectivity index (χ0n) is 12.8. The minimum Gasteiger partial charge on any atom is -0.387 e. The summed E-state index contributed by atoms with van der Waals surface area (Å²) in [5.41, 5.74) is 1.03. The molecule has 0 radical (unpaired) electrons. The van der Waals surface area contributed by atoms with Gasteiger partial charge in [0, 0.05) is 13.1 Å². The zero-order chi connectivity index (χ0) is 14.7. The van der Waals surface area contributed by atoms with Crippen LogP contribution in [0.15, 0.2) is 42.5 Å². The predicted octanol–water partition coefficient (Wildman–Crippen LogP) is 4.00. The van der Waals surface area contributed by atoms with Crippen LogP contribution in [0.1, 0.15) is 37.9 Å². The lowest BCUT2D eigenvalue weighted by molar-refractivity contribution is 0.0942. The van der Waals surface area contributed by atoms with Crippen LogP contribution in [0.25, 0.3) is 10.8 Å². The van der Waals surface area contributed by atoms with Gasteiger partial charge >= 0.3 is 0 Å². The standard InChI is InChI=1S/C19H25NO/c1-2-20(13-15-6-5-7-15)14-19(21)18-11-10-16-8-3-4-9-17(16)12-18/h3-4,8-12,15,19,21H,2,5-7,13-14H2,1H3. The van der Waals surface area contributed by atoms with Crippen molar-refractivity contribution in [2.45, 2.75) is 32.3 Å². The summed E-state index contributed by atoms with van der Waals surface area (Å²) in [7, 11) is 0. The van der Waals surface area contributed by atoms with Gasteiger partial charge in [-0.15, -0.1) is 0 Å². The van der Waals surface area contributed by atoms with Gasteiger partial charge in [0.1, 0.15) is 0 Å². The van der Waals surface area contributed by atoms with E-state index < -0.39 is 6.10 Å². The van der Waals surface area contributed by atoms with E-state index in [-0.39, 0.29) is 0 Å². The number of benzene rings is 2. The van der Waals surface area contributed by atoms with Crippen LogP contribution in [-0.4, -0.2) is 29.6 Å². The summed E-state index contributed by atoms with van der Waals surface area (Å²) in [6.07, 6.45) is 3.72. The van der Waals surface area contributed by atoms with Crippen molar-refractivity contribution >= 4 is 10.8 Å². The van der Waals surface area contributed by atoms with E-state index in [1.165, 1.54) is 30.0 Å². The Morgan fingerprint density at radius 1 is 1.14 bits per heavy atom. The van der Waals surface area contributed by atoms with Crippen molar-refractivity contribution in [2.75, 3.05) is 19.6 Å². The van der Waals surface area contributed by atoms with E-state index in [0.29, 0.717) is 0 Å². The minimum atomic E-state index is -0.394. The van der Waals surface area contributed by atoms with Gasteiger partial charge in [0.15, 0.2) is 0 Å². The molecule has 0 aliphatic heterocycles. The first-order valence-corrected chi connectivity index (χ1v) is 8.15. The minimum absolute atomic E-state index is 0.394. The molecule has 112 valence electrons. The molecule has 0 spiro atoms. The molecule has 0 aromatic heterocycles. The first-order valence-electron chi connectivity index (χ1n) is 8.15. The van der Waals surface area contributed by atoms with Crippen molar-refractivity contribution in [3.63, 3.8) is 0 Å². The van der Waals surface area contributed by atoms with E-state index in [9.17, 15) is 5.11 Å². The summed E-state index contributed by atoms with van der Waals surface area (Å²) in [6.45, 7) is 5.08. The van der Waals surface area contributed by atoms with Crippen molar-refractivity contribution in [1.29, 1.82) is 0 Å². The molecule has 1 unspecified atom stereocenters. The van der Waals surface area contributed by atoms with Gasteiger partial charge in [-0.3, -0.25) is 0 Å². The van der Waals surface area contributed by atoms with Gasteiger partial charge in [-0.05, 0) is 47.7 Å². The number of nitrogens with zero attached hydrogens (tertiary/aromatic N) is 1. The second-order valence-electron chi connectivity index (χ2n) is 6.27. The van der Waals surface area contributed by atoms with Crippen LogP contribution >= 0.6 is 0 Å². The number of hydrogen-bond donors (Lipinski definition) is 1. The van der Waals surface area contributed by atoms with Crippen LogP contribution in [0.5, 0.6) is 0 Å². The first kappa shape index (κ1) is 14.6. The average molecular weight is 283 g/mol. The molecule has 0 heterocycles. The monoisotopic (exact) mass is 283 g/mol. The lowest BCUT2D eigenvalue weighted by Crippen LogP contribution is -2.35. The van der Waals surface area contributed by atoms with Gasteiger partial charge in [0.05, 0.1) is 6.10 Å². The fraction of sp³-hybridized carbons (Fsp3) is 0.474. The van der Waals surface area contributed by atoms with Crippen molar-refractivity contribution < 1.29 is 5.11 Å². The van der Waals surface area contributed by atoms with Gasteiger partial charge in [-0.25, -0.2) is 0 Å². The Kier molecular flexibility index (Phi) is 4.57. The predicted molar refractivity (Wildman–Crippen MR) is 88.4 cm³/mol. The molecule has 3 rings (SSSR count). The normalized spacial score (nSPS) is 17.1. The maximum atomic E-state index is 10.5. The largest absolute Gasteiger partial charge is 0.387 e. The molecule has 0 saturated heterocycles. The smallest absolute Gasteiger partial charge is 0.0917 e. The van der Waals surface area contributed by atoms with Crippen LogP contribution in [0.4, 0.5) is 0 Å². The molecule has 2 heteroatoms. The third-order valence-electron chi connectivity index (χ3n) is 4.78. The lowest BCUT2D eigenvalue weighted by atomic mass is 9.85. The molecular weight excluding hydrogens is 258 g/mol. The Morgan fingerprint density at radius 3 is 2.57 bits per heavy atom. The maximum absolute atomic E-state index is 10.5. The Labute approximate surface area is 127 Å². The van der Waals surface area contributed by atoms with Crippen molar-refractivity contribution in [3.8, 4) is 0 Å². The van der Waals surface area contributed by atoms with Crippen LogP contribution in [-0.2, 0) is 0 Å². The third-order valence-corrected chi connectivity index (χ3v) is 4.78. The second-order valence-corrected chi connectivity index (χ2v) is 6.27. The van der Waals surface area contributed by atoms with Crippen LogP contribution < -0.4 is 0 Å². The number of fused-ring (bicyclic) bond motifs is 1. The van der Waals surface area contributed by atoms with Gasteiger partial charge in [-0.1, -0.05) is 49.7 Å². The van der Waals surface area contributed by atoms with E-state index in [1.807, 2.05) is 6.07 Å². The van der Waals surface area contributed by atoms with Gasteiger partial charge < -0.3 is 10.0 Å². The van der Waals surface area contributed by atoms with E-state index in [4.69, 9.17) is 0 Å². The number of aliphatic hydroxyl groups excluding tert-OH is 1. The van der Waals surface area contributed by atoms with Crippen molar-refractivity contribution in [3.05, 3.63) is 48.0 Å². The fourth-order valence-electron chi connectivity index (χ4n) is 3.14. The van der Waals surface area contributed by atoms with Crippen molar-refractivity contribution in [2.24, 2.45) is 5.92 Å². The van der Waals surface area contributed by atoms with Gasteiger partial charge in [0.2, 0.25) is 0 Å². The van der Waals surface area contributed by atoms with E-state index in [0.717, 1.165) is 31.1 Å². The second kappa shape index (κ2) is 6.59.